The van der Waals surface area contributed by atoms with Crippen LogP contribution in [0.25, 0.3) is 21.5 Å². The van der Waals surface area contributed by atoms with Crippen LogP contribution in [0, 0.1) is 20.2 Å². The first-order chi connectivity index (χ1) is 10.4. The quantitative estimate of drug-likeness (QED) is 0.322. The summed E-state index contributed by atoms with van der Waals surface area (Å²) >= 11 is 0. The van der Waals surface area contributed by atoms with Gasteiger partial charge in [-0.05, 0) is 45.8 Å². The van der Waals surface area contributed by atoms with Gasteiger partial charge in [0, 0.05) is 12.1 Å². The van der Waals surface area contributed by atoms with E-state index in [0.29, 0.717) is 21.5 Å². The van der Waals surface area contributed by atoms with Gasteiger partial charge in [0.05, 0.1) is 9.85 Å². The van der Waals surface area contributed by atoms with E-state index >= 15 is 0 Å². The standard InChI is InChI=1S/C14H10N4O4/c15-11-3-7-1-8-4-12(16)14(18(21)22)6-10(8)2-9(7)5-13(11)17(19)20/h1-6H,15-16H2. The van der Waals surface area contributed by atoms with Gasteiger partial charge in [-0.2, -0.15) is 0 Å². The van der Waals surface area contributed by atoms with E-state index < -0.39 is 9.85 Å². The number of hydrogen-bond donors (Lipinski definition) is 2. The zero-order valence-corrected chi connectivity index (χ0v) is 11.1. The first-order valence-electron chi connectivity index (χ1n) is 6.22. The monoisotopic (exact) mass is 298 g/mol. The molecule has 4 N–H and O–H groups in total. The average Bonchev–Trinajstić information content (AvgIpc) is 2.43. The van der Waals surface area contributed by atoms with Gasteiger partial charge in [0.15, 0.2) is 0 Å². The summed E-state index contributed by atoms with van der Waals surface area (Å²) in [6.45, 7) is 0. The molecule has 110 valence electrons. The SMILES string of the molecule is Nc1cc2cc3cc(N)c([N+](=O)[O-])cc3cc2cc1[N+](=O)[O-]. The van der Waals surface area contributed by atoms with Crippen LogP contribution in [0.3, 0.4) is 0 Å². The molecule has 0 aliphatic carbocycles. The molecule has 0 spiro atoms. The second kappa shape index (κ2) is 4.55. The van der Waals surface area contributed by atoms with Gasteiger partial charge in [-0.15, -0.1) is 0 Å². The molecular formula is C14H10N4O4. The molecule has 0 atom stereocenters. The third-order valence-electron chi connectivity index (χ3n) is 3.48. The summed E-state index contributed by atoms with van der Waals surface area (Å²) in [4.78, 5) is 20.7. The molecule has 0 saturated heterocycles. The second-order valence-electron chi connectivity index (χ2n) is 4.88. The molecule has 0 fully saturated rings. The molecular weight excluding hydrogens is 288 g/mol. The Hall–Kier alpha value is -3.42. The molecule has 0 heterocycles. The number of hydrogen-bond acceptors (Lipinski definition) is 6. The molecule has 0 bridgehead atoms. The largest absolute Gasteiger partial charge is 0.393 e. The lowest BCUT2D eigenvalue weighted by Crippen LogP contribution is -1.97. The number of rotatable bonds is 2. The number of nitrogen functional groups attached to an aromatic ring is 2. The highest BCUT2D eigenvalue weighted by Crippen LogP contribution is 2.34. The molecule has 0 saturated carbocycles. The topological polar surface area (TPSA) is 138 Å². The van der Waals surface area contributed by atoms with Gasteiger partial charge in [-0.3, -0.25) is 20.2 Å². The Morgan fingerprint density at radius 3 is 1.27 bits per heavy atom. The van der Waals surface area contributed by atoms with Crippen LogP contribution in [0.5, 0.6) is 0 Å². The highest BCUT2D eigenvalue weighted by molar-refractivity contribution is 6.02. The van der Waals surface area contributed by atoms with Gasteiger partial charge < -0.3 is 11.5 Å². The van der Waals surface area contributed by atoms with E-state index in [4.69, 9.17) is 11.5 Å². The third-order valence-corrected chi connectivity index (χ3v) is 3.48. The van der Waals surface area contributed by atoms with Crippen molar-refractivity contribution in [2.24, 2.45) is 0 Å². The molecule has 3 aromatic rings. The Labute approximate surface area is 123 Å². The van der Waals surface area contributed by atoms with Crippen molar-refractivity contribution in [3.05, 3.63) is 56.6 Å². The minimum atomic E-state index is -0.565. The molecule has 8 heteroatoms. The first kappa shape index (κ1) is 13.6. The number of nitro benzene ring substituents is 2. The molecule has 8 nitrogen and oxygen atoms in total. The Morgan fingerprint density at radius 1 is 0.636 bits per heavy atom. The number of anilines is 2. The lowest BCUT2D eigenvalue weighted by molar-refractivity contribution is -0.383. The summed E-state index contributed by atoms with van der Waals surface area (Å²) in [5.41, 5.74) is 11.1. The number of nitro groups is 2. The summed E-state index contributed by atoms with van der Waals surface area (Å²) in [6, 6.07) is 9.10. The van der Waals surface area contributed by atoms with Gasteiger partial charge in [0.1, 0.15) is 11.4 Å². The maximum atomic E-state index is 10.9. The molecule has 3 aromatic carbocycles. The minimum absolute atomic E-state index is 0.0618. The summed E-state index contributed by atoms with van der Waals surface area (Å²) in [7, 11) is 0. The van der Waals surface area contributed by atoms with Gasteiger partial charge in [-0.25, -0.2) is 0 Å². The van der Waals surface area contributed by atoms with Crippen LogP contribution >= 0.6 is 0 Å². The third kappa shape index (κ3) is 2.03. The highest BCUT2D eigenvalue weighted by atomic mass is 16.6. The van der Waals surface area contributed by atoms with Crippen molar-refractivity contribution >= 4 is 44.3 Å². The maximum Gasteiger partial charge on any atom is 0.292 e. The molecule has 3 rings (SSSR count). The molecule has 0 unspecified atom stereocenters. The smallest absolute Gasteiger partial charge is 0.292 e. The Kier molecular flexibility index (Phi) is 2.81. The predicted octanol–water partition coefficient (Wildman–Crippen LogP) is 2.97. The van der Waals surface area contributed by atoms with E-state index in [1.165, 1.54) is 24.3 Å². The molecule has 0 radical (unpaired) electrons. The van der Waals surface area contributed by atoms with Crippen LogP contribution in [0.4, 0.5) is 22.7 Å². The second-order valence-corrected chi connectivity index (χ2v) is 4.88. The lowest BCUT2D eigenvalue weighted by Gasteiger charge is -2.06. The summed E-state index contributed by atoms with van der Waals surface area (Å²) in [5, 5.41) is 24.4. The number of fused-ring (bicyclic) bond motifs is 2. The molecule has 0 aliphatic heterocycles. The highest BCUT2D eigenvalue weighted by Gasteiger charge is 2.16. The normalized spacial score (nSPS) is 10.9. The van der Waals surface area contributed by atoms with Gasteiger partial charge in [0.25, 0.3) is 11.4 Å². The van der Waals surface area contributed by atoms with E-state index in [1.807, 2.05) is 0 Å². The zero-order valence-electron chi connectivity index (χ0n) is 11.1. The molecule has 0 aliphatic rings. The number of nitrogens with zero attached hydrogens (tertiary/aromatic N) is 2. The van der Waals surface area contributed by atoms with Gasteiger partial charge >= 0.3 is 0 Å². The van der Waals surface area contributed by atoms with Crippen molar-refractivity contribution in [3.8, 4) is 0 Å². The maximum absolute atomic E-state index is 10.9. The minimum Gasteiger partial charge on any atom is -0.393 e. The fourth-order valence-corrected chi connectivity index (χ4v) is 2.43. The summed E-state index contributed by atoms with van der Waals surface area (Å²) < 4.78 is 0. The fourth-order valence-electron chi connectivity index (χ4n) is 2.43. The van der Waals surface area contributed by atoms with Crippen LogP contribution in [0.2, 0.25) is 0 Å². The van der Waals surface area contributed by atoms with Crippen molar-refractivity contribution in [3.63, 3.8) is 0 Å². The van der Waals surface area contributed by atoms with E-state index in [0.717, 1.165) is 0 Å². The molecule has 0 aromatic heterocycles. The molecule has 0 amide bonds. The van der Waals surface area contributed by atoms with Crippen molar-refractivity contribution in [2.75, 3.05) is 11.5 Å². The Morgan fingerprint density at radius 2 is 0.955 bits per heavy atom. The van der Waals surface area contributed by atoms with E-state index in [9.17, 15) is 20.2 Å². The van der Waals surface area contributed by atoms with E-state index in [1.54, 1.807) is 12.1 Å². The van der Waals surface area contributed by atoms with Gasteiger partial charge in [0.2, 0.25) is 0 Å². The fraction of sp³-hybridized carbons (Fsp3) is 0. The van der Waals surface area contributed by atoms with Crippen molar-refractivity contribution in [1.29, 1.82) is 0 Å². The van der Waals surface area contributed by atoms with E-state index in [-0.39, 0.29) is 22.7 Å². The predicted molar refractivity (Wildman–Crippen MR) is 83.6 cm³/mol. The van der Waals surface area contributed by atoms with Crippen molar-refractivity contribution in [2.45, 2.75) is 0 Å². The summed E-state index contributed by atoms with van der Waals surface area (Å²) in [6.07, 6.45) is 0. The molecule has 22 heavy (non-hydrogen) atoms. The van der Waals surface area contributed by atoms with Crippen LogP contribution in [-0.2, 0) is 0 Å². The van der Waals surface area contributed by atoms with E-state index in [2.05, 4.69) is 0 Å². The first-order valence-corrected chi connectivity index (χ1v) is 6.22. The van der Waals surface area contributed by atoms with Crippen LogP contribution in [0.1, 0.15) is 0 Å². The van der Waals surface area contributed by atoms with Crippen molar-refractivity contribution in [1.82, 2.24) is 0 Å². The van der Waals surface area contributed by atoms with Crippen LogP contribution < -0.4 is 11.5 Å². The number of benzene rings is 3. The summed E-state index contributed by atoms with van der Waals surface area (Å²) in [5.74, 6) is 0. The van der Waals surface area contributed by atoms with Crippen LogP contribution in [0.15, 0.2) is 36.4 Å². The Balaban J connectivity index is 2.36. The lowest BCUT2D eigenvalue weighted by atomic mass is 10.0. The number of nitrogens with two attached hydrogens (primary N) is 2. The van der Waals surface area contributed by atoms with Crippen LogP contribution in [-0.4, -0.2) is 9.85 Å². The zero-order chi connectivity index (χ0) is 16.0. The van der Waals surface area contributed by atoms with Crippen molar-refractivity contribution < 1.29 is 9.85 Å². The Bertz CT molecular complexity index is 893. The average molecular weight is 298 g/mol. The van der Waals surface area contributed by atoms with Gasteiger partial charge in [-0.1, -0.05) is 0 Å².